The molecule has 1 atom stereocenters. The van der Waals surface area contributed by atoms with E-state index < -0.39 is 6.09 Å². The molecular weight excluding hydrogens is 363 g/mol. The summed E-state index contributed by atoms with van der Waals surface area (Å²) in [7, 11) is 1.74. The van der Waals surface area contributed by atoms with Crippen LogP contribution in [0.4, 0.5) is 9.18 Å². The summed E-state index contributed by atoms with van der Waals surface area (Å²) in [6.45, 7) is 3.86. The number of aromatic amines is 1. The van der Waals surface area contributed by atoms with Crippen LogP contribution in [-0.4, -0.2) is 36.9 Å². The number of nitrogens with one attached hydrogen (secondary N) is 2. The summed E-state index contributed by atoms with van der Waals surface area (Å²) < 4.78 is 20.5. The van der Waals surface area contributed by atoms with E-state index in [1.807, 2.05) is 13.8 Å². The van der Waals surface area contributed by atoms with Crippen LogP contribution >= 0.6 is 0 Å². The summed E-state index contributed by atoms with van der Waals surface area (Å²) in [6.07, 6.45) is 3.35. The second-order valence-electron chi connectivity index (χ2n) is 6.58. The third kappa shape index (κ3) is 3.15. The monoisotopic (exact) mass is 382 g/mol. The molecule has 0 fully saturated rings. The van der Waals surface area contributed by atoms with Gasteiger partial charge in [-0.25, -0.2) is 19.2 Å². The molecule has 1 amide bonds. The number of carbonyl (C=O) groups excluding carboxylic acids is 1. The number of nitrogens with zero attached hydrogens (tertiary/aromatic N) is 4. The molecule has 0 unspecified atom stereocenters. The first-order valence-corrected chi connectivity index (χ1v) is 8.91. The zero-order chi connectivity index (χ0) is 19.8. The summed E-state index contributed by atoms with van der Waals surface area (Å²) in [5.74, 6) is -0.0614. The second kappa shape index (κ2) is 6.91. The molecule has 0 aliphatic heterocycles. The summed E-state index contributed by atoms with van der Waals surface area (Å²) in [5.41, 5.74) is 2.62. The molecular formula is C19H19FN6O2. The predicted molar refractivity (Wildman–Crippen MR) is 102 cm³/mol. The number of aryl methyl sites for hydroxylation is 1. The molecule has 0 aliphatic carbocycles. The first-order valence-electron chi connectivity index (χ1n) is 8.91. The van der Waals surface area contributed by atoms with E-state index in [1.54, 1.807) is 24.0 Å². The highest BCUT2D eigenvalue weighted by Crippen LogP contribution is 2.29. The van der Waals surface area contributed by atoms with Gasteiger partial charge in [-0.2, -0.15) is 5.10 Å². The lowest BCUT2D eigenvalue weighted by molar-refractivity contribution is 0.197. The molecule has 1 aromatic carbocycles. The number of benzene rings is 1. The molecule has 4 rings (SSSR count). The number of hydrogen-bond donors (Lipinski definition) is 2. The molecule has 3 heterocycles. The zero-order valence-corrected chi connectivity index (χ0v) is 15.7. The topological polar surface area (TPSA) is 97.7 Å². The van der Waals surface area contributed by atoms with Crippen molar-refractivity contribution in [1.29, 1.82) is 0 Å². The summed E-state index contributed by atoms with van der Waals surface area (Å²) in [5, 5.41) is 7.94. The second-order valence-corrected chi connectivity index (χ2v) is 6.58. The predicted octanol–water partition coefficient (Wildman–Crippen LogP) is 3.54. The van der Waals surface area contributed by atoms with Crippen molar-refractivity contribution in [2.45, 2.75) is 26.3 Å². The largest absolute Gasteiger partial charge is 0.412 e. The zero-order valence-electron chi connectivity index (χ0n) is 15.7. The number of carbonyl (C=O) groups is 1. The number of amides is 1. The average Bonchev–Trinajstić information content (AvgIpc) is 3.22. The Kier molecular flexibility index (Phi) is 4.42. The fourth-order valence-corrected chi connectivity index (χ4v) is 2.91. The van der Waals surface area contributed by atoms with Crippen molar-refractivity contribution in [3.05, 3.63) is 36.4 Å². The van der Waals surface area contributed by atoms with Gasteiger partial charge in [0.1, 0.15) is 17.2 Å². The number of hydrogen-bond acceptors (Lipinski definition) is 5. The quantitative estimate of drug-likeness (QED) is 0.563. The van der Waals surface area contributed by atoms with Crippen molar-refractivity contribution in [1.82, 2.24) is 30.0 Å². The van der Waals surface area contributed by atoms with Crippen LogP contribution in [0.5, 0.6) is 5.75 Å². The van der Waals surface area contributed by atoms with E-state index in [1.165, 1.54) is 18.3 Å². The SMILES string of the molecule is CC[C@@H](C)NC(=O)Oc1c[nH]c2ncc(-c3nn(C)c4cc(F)ccc34)nc12. The lowest BCUT2D eigenvalue weighted by Gasteiger charge is -2.10. The molecule has 0 saturated carbocycles. The maximum absolute atomic E-state index is 13.6. The smallest absolute Gasteiger partial charge is 0.406 e. The fourth-order valence-electron chi connectivity index (χ4n) is 2.91. The number of H-pyrrole nitrogens is 1. The standard InChI is InChI=1S/C19H19FN6O2/c1-4-10(2)23-19(27)28-15-9-22-18-17(15)24-13(8-21-18)16-12-6-5-11(20)7-14(12)26(3)25-16/h5-10H,4H2,1-3H3,(H,21,22)(H,23,27)/t10-/m1/s1. The molecule has 0 saturated heterocycles. The van der Waals surface area contributed by atoms with E-state index in [2.05, 4.69) is 25.4 Å². The van der Waals surface area contributed by atoms with Crippen molar-refractivity contribution in [2.24, 2.45) is 7.05 Å². The Balaban J connectivity index is 1.73. The van der Waals surface area contributed by atoms with Crippen LogP contribution in [0.15, 0.2) is 30.6 Å². The van der Waals surface area contributed by atoms with Gasteiger partial charge in [0.2, 0.25) is 0 Å². The van der Waals surface area contributed by atoms with Gasteiger partial charge in [-0.05, 0) is 31.5 Å². The molecule has 28 heavy (non-hydrogen) atoms. The van der Waals surface area contributed by atoms with Crippen molar-refractivity contribution in [3.8, 4) is 17.1 Å². The molecule has 0 aliphatic rings. The molecule has 0 bridgehead atoms. The van der Waals surface area contributed by atoms with Gasteiger partial charge in [-0.3, -0.25) is 4.68 Å². The first kappa shape index (κ1) is 17.9. The lowest BCUT2D eigenvalue weighted by Crippen LogP contribution is -2.34. The maximum Gasteiger partial charge on any atom is 0.412 e. The molecule has 4 aromatic rings. The average molecular weight is 382 g/mol. The van der Waals surface area contributed by atoms with Gasteiger partial charge in [0, 0.05) is 24.7 Å². The summed E-state index contributed by atoms with van der Waals surface area (Å²) in [6, 6.07) is 4.46. The third-order valence-corrected chi connectivity index (χ3v) is 4.58. The van der Waals surface area contributed by atoms with Gasteiger partial charge in [0.25, 0.3) is 0 Å². The Morgan fingerprint density at radius 3 is 3.04 bits per heavy atom. The molecule has 8 nitrogen and oxygen atoms in total. The highest BCUT2D eigenvalue weighted by molar-refractivity contribution is 5.93. The number of fused-ring (bicyclic) bond motifs is 2. The molecule has 0 spiro atoms. The van der Waals surface area contributed by atoms with Crippen LogP contribution < -0.4 is 10.1 Å². The Labute approximate surface area is 159 Å². The molecule has 144 valence electrons. The van der Waals surface area contributed by atoms with Crippen molar-refractivity contribution in [3.63, 3.8) is 0 Å². The molecule has 9 heteroatoms. The minimum Gasteiger partial charge on any atom is -0.406 e. The van der Waals surface area contributed by atoms with E-state index in [0.717, 1.165) is 11.8 Å². The van der Waals surface area contributed by atoms with Gasteiger partial charge >= 0.3 is 6.09 Å². The van der Waals surface area contributed by atoms with Gasteiger partial charge in [0.05, 0.1) is 11.7 Å². The lowest BCUT2D eigenvalue weighted by atomic mass is 10.1. The minimum absolute atomic E-state index is 0.000343. The summed E-state index contributed by atoms with van der Waals surface area (Å²) >= 11 is 0. The van der Waals surface area contributed by atoms with Crippen LogP contribution in [0, 0.1) is 5.82 Å². The normalized spacial score (nSPS) is 12.4. The first-order chi connectivity index (χ1) is 13.5. The number of halogens is 1. The Bertz CT molecular complexity index is 1180. The fraction of sp³-hybridized carbons (Fsp3) is 0.263. The van der Waals surface area contributed by atoms with E-state index in [9.17, 15) is 9.18 Å². The van der Waals surface area contributed by atoms with Gasteiger partial charge in [0.15, 0.2) is 16.9 Å². The van der Waals surface area contributed by atoms with E-state index in [4.69, 9.17) is 4.74 Å². The maximum atomic E-state index is 13.6. The van der Waals surface area contributed by atoms with E-state index in [-0.39, 0.29) is 17.6 Å². The van der Waals surface area contributed by atoms with Crippen LogP contribution in [0.1, 0.15) is 20.3 Å². The van der Waals surface area contributed by atoms with Crippen LogP contribution in [0.3, 0.4) is 0 Å². The highest BCUT2D eigenvalue weighted by atomic mass is 19.1. The Morgan fingerprint density at radius 1 is 1.43 bits per heavy atom. The third-order valence-electron chi connectivity index (χ3n) is 4.58. The molecule has 3 aromatic heterocycles. The Hall–Kier alpha value is -3.49. The van der Waals surface area contributed by atoms with Gasteiger partial charge < -0.3 is 15.0 Å². The van der Waals surface area contributed by atoms with Crippen molar-refractivity contribution >= 4 is 28.2 Å². The minimum atomic E-state index is -0.554. The van der Waals surface area contributed by atoms with E-state index >= 15 is 0 Å². The van der Waals surface area contributed by atoms with Gasteiger partial charge in [-0.1, -0.05) is 6.92 Å². The van der Waals surface area contributed by atoms with Crippen molar-refractivity contribution < 1.29 is 13.9 Å². The van der Waals surface area contributed by atoms with Crippen LogP contribution in [-0.2, 0) is 7.05 Å². The summed E-state index contributed by atoms with van der Waals surface area (Å²) in [4.78, 5) is 23.9. The van der Waals surface area contributed by atoms with E-state index in [0.29, 0.717) is 28.1 Å². The number of aromatic nitrogens is 5. The molecule has 0 radical (unpaired) electrons. The van der Waals surface area contributed by atoms with Gasteiger partial charge in [-0.15, -0.1) is 0 Å². The highest BCUT2D eigenvalue weighted by Gasteiger charge is 2.17. The number of rotatable bonds is 4. The Morgan fingerprint density at radius 2 is 2.25 bits per heavy atom. The number of ether oxygens (including phenoxy) is 1. The van der Waals surface area contributed by atoms with Crippen LogP contribution in [0.2, 0.25) is 0 Å². The molecule has 2 N–H and O–H groups in total. The van der Waals surface area contributed by atoms with Crippen LogP contribution in [0.25, 0.3) is 33.5 Å². The van der Waals surface area contributed by atoms with Crippen molar-refractivity contribution in [2.75, 3.05) is 0 Å².